The summed E-state index contributed by atoms with van der Waals surface area (Å²) in [5.74, 6) is 0.428. The molecule has 0 atom stereocenters. The third kappa shape index (κ3) is 6.48. The lowest BCUT2D eigenvalue weighted by Crippen LogP contribution is -2.38. The number of nitrogens with one attached hydrogen (secondary N) is 2. The Morgan fingerprint density at radius 3 is 2.42 bits per heavy atom. The molecule has 0 heterocycles. The standard InChI is InChI=1S/C19H24FN3O2S/c1-3-21-19(22-12-11-15-5-4-6-17(20)13-15)23-14-16-7-9-18(10-8-16)26(2,24)25/h4-10,13H,3,11-12,14H2,1-2H3,(H2,21,22,23). The number of rotatable bonds is 7. The minimum atomic E-state index is -3.19. The second-order valence-electron chi connectivity index (χ2n) is 5.92. The number of nitrogens with zero attached hydrogens (tertiary/aromatic N) is 1. The van der Waals surface area contributed by atoms with E-state index >= 15 is 0 Å². The van der Waals surface area contributed by atoms with Gasteiger partial charge in [0.1, 0.15) is 5.82 Å². The van der Waals surface area contributed by atoms with E-state index in [9.17, 15) is 12.8 Å². The Hall–Kier alpha value is -2.41. The lowest BCUT2D eigenvalue weighted by Gasteiger charge is -2.11. The molecule has 0 unspecified atom stereocenters. The summed E-state index contributed by atoms with van der Waals surface area (Å²) in [5.41, 5.74) is 1.84. The van der Waals surface area contributed by atoms with Crippen LogP contribution in [0, 0.1) is 5.82 Å². The fraction of sp³-hybridized carbons (Fsp3) is 0.316. The van der Waals surface area contributed by atoms with E-state index in [-0.39, 0.29) is 5.82 Å². The summed E-state index contributed by atoms with van der Waals surface area (Å²) in [4.78, 5) is 4.79. The van der Waals surface area contributed by atoms with Gasteiger partial charge in [0.15, 0.2) is 15.8 Å². The van der Waals surface area contributed by atoms with E-state index in [2.05, 4.69) is 15.6 Å². The van der Waals surface area contributed by atoms with Crippen molar-refractivity contribution in [2.75, 3.05) is 19.3 Å². The lowest BCUT2D eigenvalue weighted by molar-refractivity contribution is 0.602. The van der Waals surface area contributed by atoms with Gasteiger partial charge in [-0.3, -0.25) is 0 Å². The van der Waals surface area contributed by atoms with Crippen molar-refractivity contribution in [3.63, 3.8) is 0 Å². The van der Waals surface area contributed by atoms with Gasteiger partial charge in [-0.2, -0.15) is 0 Å². The number of halogens is 1. The van der Waals surface area contributed by atoms with Gasteiger partial charge < -0.3 is 10.6 Å². The first-order valence-electron chi connectivity index (χ1n) is 8.44. The molecule has 5 nitrogen and oxygen atoms in total. The average molecular weight is 377 g/mol. The van der Waals surface area contributed by atoms with Crippen LogP contribution in [0.15, 0.2) is 58.4 Å². The number of aliphatic imine (C=N–C) groups is 1. The Labute approximate surface area is 154 Å². The fourth-order valence-corrected chi connectivity index (χ4v) is 3.00. The van der Waals surface area contributed by atoms with Gasteiger partial charge in [0.2, 0.25) is 0 Å². The summed E-state index contributed by atoms with van der Waals surface area (Å²) in [5, 5.41) is 6.37. The molecule has 0 saturated carbocycles. The van der Waals surface area contributed by atoms with E-state index in [1.807, 2.05) is 13.0 Å². The van der Waals surface area contributed by atoms with Crippen LogP contribution in [0.4, 0.5) is 4.39 Å². The van der Waals surface area contributed by atoms with Crippen molar-refractivity contribution < 1.29 is 12.8 Å². The van der Waals surface area contributed by atoms with Crippen molar-refractivity contribution in [3.05, 3.63) is 65.5 Å². The van der Waals surface area contributed by atoms with Crippen LogP contribution in [0.5, 0.6) is 0 Å². The topological polar surface area (TPSA) is 70.6 Å². The lowest BCUT2D eigenvalue weighted by atomic mass is 10.1. The van der Waals surface area contributed by atoms with Gasteiger partial charge in [-0.25, -0.2) is 17.8 Å². The molecular weight excluding hydrogens is 353 g/mol. The highest BCUT2D eigenvalue weighted by atomic mass is 32.2. The minimum Gasteiger partial charge on any atom is -0.357 e. The fourth-order valence-electron chi connectivity index (χ4n) is 2.37. The van der Waals surface area contributed by atoms with Crippen molar-refractivity contribution in [1.82, 2.24) is 10.6 Å². The Bertz CT molecular complexity index is 849. The first kappa shape index (κ1) is 19.9. The van der Waals surface area contributed by atoms with E-state index in [1.165, 1.54) is 18.4 Å². The van der Waals surface area contributed by atoms with Gasteiger partial charge in [0.25, 0.3) is 0 Å². The average Bonchev–Trinajstić information content (AvgIpc) is 2.59. The minimum absolute atomic E-state index is 0.236. The predicted octanol–water partition coefficient (Wildman–Crippen LogP) is 2.53. The molecule has 0 saturated heterocycles. The SMILES string of the molecule is CCNC(=NCc1ccc(S(C)(=O)=O)cc1)NCCc1cccc(F)c1. The molecule has 0 amide bonds. The third-order valence-corrected chi connectivity index (χ3v) is 4.84. The predicted molar refractivity (Wildman–Crippen MR) is 102 cm³/mol. The summed E-state index contributed by atoms with van der Waals surface area (Å²) < 4.78 is 36.2. The van der Waals surface area contributed by atoms with E-state index in [0.717, 1.165) is 17.7 Å². The number of hydrogen-bond donors (Lipinski definition) is 2. The van der Waals surface area contributed by atoms with Crippen molar-refractivity contribution in [2.45, 2.75) is 24.8 Å². The molecule has 2 aromatic carbocycles. The number of benzene rings is 2. The van der Waals surface area contributed by atoms with Gasteiger partial charge in [0.05, 0.1) is 11.4 Å². The van der Waals surface area contributed by atoms with Gasteiger partial charge in [-0.1, -0.05) is 24.3 Å². The second kappa shape index (κ2) is 9.33. The summed E-state index contributed by atoms with van der Waals surface area (Å²) >= 11 is 0. The zero-order valence-electron chi connectivity index (χ0n) is 15.0. The number of guanidine groups is 1. The van der Waals surface area contributed by atoms with Crippen LogP contribution in [-0.4, -0.2) is 33.7 Å². The van der Waals surface area contributed by atoms with E-state index in [0.29, 0.717) is 30.4 Å². The molecule has 0 radical (unpaired) electrons. The zero-order chi connectivity index (χ0) is 19.0. The van der Waals surface area contributed by atoms with Crippen LogP contribution in [0.25, 0.3) is 0 Å². The van der Waals surface area contributed by atoms with Crippen LogP contribution < -0.4 is 10.6 Å². The van der Waals surface area contributed by atoms with Gasteiger partial charge in [0, 0.05) is 19.3 Å². The van der Waals surface area contributed by atoms with E-state index in [4.69, 9.17) is 0 Å². The van der Waals surface area contributed by atoms with Crippen LogP contribution in [0.1, 0.15) is 18.1 Å². The van der Waals surface area contributed by atoms with Gasteiger partial charge in [-0.15, -0.1) is 0 Å². The molecule has 0 spiro atoms. The molecule has 0 aromatic heterocycles. The van der Waals surface area contributed by atoms with Crippen LogP contribution in [0.2, 0.25) is 0 Å². The quantitative estimate of drug-likeness (QED) is 0.575. The molecule has 26 heavy (non-hydrogen) atoms. The van der Waals surface area contributed by atoms with Crippen molar-refractivity contribution >= 4 is 15.8 Å². The maximum Gasteiger partial charge on any atom is 0.191 e. The molecule has 0 fully saturated rings. The smallest absolute Gasteiger partial charge is 0.191 e. The molecule has 0 aliphatic carbocycles. The first-order valence-corrected chi connectivity index (χ1v) is 10.3. The van der Waals surface area contributed by atoms with Crippen molar-refractivity contribution in [2.24, 2.45) is 4.99 Å². The Balaban J connectivity index is 1.93. The highest BCUT2D eigenvalue weighted by Crippen LogP contribution is 2.11. The largest absolute Gasteiger partial charge is 0.357 e. The van der Waals surface area contributed by atoms with Crippen molar-refractivity contribution in [3.8, 4) is 0 Å². The van der Waals surface area contributed by atoms with Crippen LogP contribution in [-0.2, 0) is 22.8 Å². The van der Waals surface area contributed by atoms with Crippen LogP contribution in [0.3, 0.4) is 0 Å². The summed E-state index contributed by atoms with van der Waals surface area (Å²) in [6, 6.07) is 13.2. The summed E-state index contributed by atoms with van der Waals surface area (Å²) in [6.45, 7) is 3.76. The molecule has 2 aromatic rings. The maximum absolute atomic E-state index is 13.2. The second-order valence-corrected chi connectivity index (χ2v) is 7.93. The monoisotopic (exact) mass is 377 g/mol. The molecular formula is C19H24FN3O2S. The van der Waals surface area contributed by atoms with Crippen molar-refractivity contribution in [1.29, 1.82) is 0 Å². The summed E-state index contributed by atoms with van der Waals surface area (Å²) in [7, 11) is -3.19. The Morgan fingerprint density at radius 2 is 1.81 bits per heavy atom. The van der Waals surface area contributed by atoms with Gasteiger partial charge in [-0.05, 0) is 48.7 Å². The van der Waals surface area contributed by atoms with Crippen LogP contribution >= 0.6 is 0 Å². The maximum atomic E-state index is 13.2. The highest BCUT2D eigenvalue weighted by Gasteiger charge is 2.06. The van der Waals surface area contributed by atoms with E-state index in [1.54, 1.807) is 30.3 Å². The molecule has 0 aliphatic rings. The number of hydrogen-bond acceptors (Lipinski definition) is 3. The van der Waals surface area contributed by atoms with Gasteiger partial charge >= 0.3 is 0 Å². The molecule has 7 heteroatoms. The zero-order valence-corrected chi connectivity index (χ0v) is 15.8. The Kier molecular flexibility index (Phi) is 7.15. The third-order valence-electron chi connectivity index (χ3n) is 3.71. The van der Waals surface area contributed by atoms with E-state index < -0.39 is 9.84 Å². The molecule has 0 aliphatic heterocycles. The molecule has 2 rings (SSSR count). The highest BCUT2D eigenvalue weighted by molar-refractivity contribution is 7.90. The normalized spacial score (nSPS) is 12.0. The molecule has 140 valence electrons. The first-order chi connectivity index (χ1) is 12.4. The summed E-state index contributed by atoms with van der Waals surface area (Å²) in [6.07, 6.45) is 1.87. The molecule has 0 bridgehead atoms. The number of sulfone groups is 1. The Morgan fingerprint density at radius 1 is 1.08 bits per heavy atom. The molecule has 2 N–H and O–H groups in total.